The number of hydrogen-bond donors (Lipinski definition) is 1. The fourth-order valence-corrected chi connectivity index (χ4v) is 1.27. The van der Waals surface area contributed by atoms with Crippen molar-refractivity contribution in [3.05, 3.63) is 39.2 Å². The summed E-state index contributed by atoms with van der Waals surface area (Å²) in [5.74, 6) is 0.359. The third-order valence-corrected chi connectivity index (χ3v) is 2.09. The number of benzene rings is 1. The Balaban J connectivity index is 3.29. The molecule has 0 fully saturated rings. The van der Waals surface area contributed by atoms with Gasteiger partial charge in [-0.15, -0.1) is 0 Å². The summed E-state index contributed by atoms with van der Waals surface area (Å²) in [6, 6.07) is 1.14. The summed E-state index contributed by atoms with van der Waals surface area (Å²) < 4.78 is 18.0. The van der Waals surface area contributed by atoms with E-state index in [0.29, 0.717) is 12.1 Å². The fraction of sp³-hybridized carbons (Fsp3) is 0.167. The number of halogens is 1. The van der Waals surface area contributed by atoms with E-state index in [9.17, 15) is 24.1 Å². The molecule has 0 aliphatic rings. The topological polar surface area (TPSA) is 107 Å². The van der Waals surface area contributed by atoms with Crippen molar-refractivity contribution in [2.75, 3.05) is 6.61 Å². The van der Waals surface area contributed by atoms with Crippen molar-refractivity contribution in [3.63, 3.8) is 0 Å². The van der Waals surface area contributed by atoms with Crippen molar-refractivity contribution in [2.45, 2.75) is 6.92 Å². The number of carboxylic acid groups (broad SMARTS) is 1. The Kier molecular flexibility index (Phi) is 4.75. The maximum atomic E-state index is 13.5. The van der Waals surface area contributed by atoms with E-state index in [1.165, 1.54) is 0 Å². The van der Waals surface area contributed by atoms with Gasteiger partial charge in [-0.25, -0.2) is 14.0 Å². The Morgan fingerprint density at radius 2 is 2.15 bits per heavy atom. The first-order valence-electron chi connectivity index (χ1n) is 5.26. The largest absolute Gasteiger partial charge is 0.477 e. The van der Waals surface area contributed by atoms with Crippen molar-refractivity contribution < 1.29 is 28.7 Å². The van der Waals surface area contributed by atoms with Crippen LogP contribution in [-0.4, -0.2) is 28.6 Å². The smallest absolute Gasteiger partial charge is 0.384 e. The fourth-order valence-electron chi connectivity index (χ4n) is 1.27. The maximum absolute atomic E-state index is 13.5. The van der Waals surface area contributed by atoms with Crippen molar-refractivity contribution in [1.29, 1.82) is 0 Å². The lowest BCUT2D eigenvalue weighted by Crippen LogP contribution is -2.05. The van der Waals surface area contributed by atoms with E-state index in [2.05, 4.69) is 10.7 Å². The predicted octanol–water partition coefficient (Wildman–Crippen LogP) is 1.35. The molecule has 1 rings (SSSR count). The molecule has 1 aromatic carbocycles. The van der Waals surface area contributed by atoms with Crippen LogP contribution >= 0.6 is 0 Å². The van der Waals surface area contributed by atoms with Crippen molar-refractivity contribution in [1.82, 2.24) is 0 Å². The standard InChI is InChI=1S/C12H8FNO6/c1-2-20-11(15)4-3-7-5-10(14(18)19)8(12(16)17)6-9(7)13/h5-6H,2H2,1H3,(H,16,17). The van der Waals surface area contributed by atoms with E-state index in [-0.39, 0.29) is 6.61 Å². The summed E-state index contributed by atoms with van der Waals surface area (Å²) in [6.07, 6.45) is 0. The van der Waals surface area contributed by atoms with Crippen LogP contribution in [-0.2, 0) is 9.53 Å². The molecule has 0 aliphatic carbocycles. The number of hydrogen-bond acceptors (Lipinski definition) is 5. The van der Waals surface area contributed by atoms with E-state index in [1.807, 2.05) is 5.92 Å². The van der Waals surface area contributed by atoms with Crippen molar-refractivity contribution in [2.24, 2.45) is 0 Å². The van der Waals surface area contributed by atoms with E-state index < -0.39 is 39.5 Å². The zero-order chi connectivity index (χ0) is 15.3. The number of ether oxygens (including phenoxy) is 1. The van der Waals surface area contributed by atoms with Crippen molar-refractivity contribution >= 4 is 17.6 Å². The number of aromatic carboxylic acids is 1. The number of nitro benzene ring substituents is 1. The monoisotopic (exact) mass is 281 g/mol. The summed E-state index contributed by atoms with van der Waals surface area (Å²) in [7, 11) is 0. The van der Waals surface area contributed by atoms with Gasteiger partial charge in [0.05, 0.1) is 17.1 Å². The number of nitrogens with zero attached hydrogens (tertiary/aromatic N) is 1. The summed E-state index contributed by atoms with van der Waals surface area (Å²) in [5, 5.41) is 19.4. The zero-order valence-corrected chi connectivity index (χ0v) is 10.2. The molecule has 0 aromatic heterocycles. The maximum Gasteiger partial charge on any atom is 0.384 e. The molecule has 0 saturated heterocycles. The first-order valence-corrected chi connectivity index (χ1v) is 5.26. The first-order chi connectivity index (χ1) is 9.36. The molecular formula is C12H8FNO6. The molecule has 0 unspecified atom stereocenters. The summed E-state index contributed by atoms with van der Waals surface area (Å²) in [5.41, 5.74) is -2.07. The molecule has 0 amide bonds. The van der Waals surface area contributed by atoms with Gasteiger partial charge >= 0.3 is 11.9 Å². The van der Waals surface area contributed by atoms with Crippen LogP contribution in [0.5, 0.6) is 0 Å². The molecule has 20 heavy (non-hydrogen) atoms. The number of carboxylic acids is 1. The number of nitro groups is 1. The van der Waals surface area contributed by atoms with Gasteiger partial charge in [0.2, 0.25) is 0 Å². The number of carbonyl (C=O) groups excluding carboxylic acids is 1. The van der Waals surface area contributed by atoms with E-state index >= 15 is 0 Å². The van der Waals surface area contributed by atoms with Gasteiger partial charge in [-0.1, -0.05) is 5.92 Å². The molecule has 7 nitrogen and oxygen atoms in total. The lowest BCUT2D eigenvalue weighted by molar-refractivity contribution is -0.385. The van der Waals surface area contributed by atoms with Gasteiger partial charge in [0, 0.05) is 12.0 Å². The molecular weight excluding hydrogens is 273 g/mol. The molecule has 8 heteroatoms. The first kappa shape index (κ1) is 15.1. The average molecular weight is 281 g/mol. The summed E-state index contributed by atoms with van der Waals surface area (Å²) in [6.45, 7) is 1.63. The molecule has 0 spiro atoms. The molecule has 0 aliphatic heterocycles. The Labute approximate surface area is 112 Å². The molecule has 0 radical (unpaired) electrons. The van der Waals surface area contributed by atoms with Crippen LogP contribution in [0.4, 0.5) is 10.1 Å². The van der Waals surface area contributed by atoms with Crippen molar-refractivity contribution in [3.8, 4) is 11.8 Å². The molecule has 0 saturated carbocycles. The van der Waals surface area contributed by atoms with E-state index in [0.717, 1.165) is 0 Å². The van der Waals surface area contributed by atoms with Crippen LogP contribution in [0.1, 0.15) is 22.8 Å². The second-order valence-electron chi connectivity index (χ2n) is 3.38. The highest BCUT2D eigenvalue weighted by Gasteiger charge is 2.22. The second kappa shape index (κ2) is 6.29. The number of esters is 1. The van der Waals surface area contributed by atoms with Gasteiger partial charge in [-0.3, -0.25) is 10.1 Å². The highest BCUT2D eigenvalue weighted by Crippen LogP contribution is 2.22. The highest BCUT2D eigenvalue weighted by molar-refractivity contribution is 5.93. The third-order valence-electron chi connectivity index (χ3n) is 2.09. The van der Waals surface area contributed by atoms with Gasteiger partial charge in [0.25, 0.3) is 5.69 Å². The minimum absolute atomic E-state index is 0.0775. The predicted molar refractivity (Wildman–Crippen MR) is 63.5 cm³/mol. The Bertz CT molecular complexity index is 643. The van der Waals surface area contributed by atoms with Crippen LogP contribution < -0.4 is 0 Å². The minimum Gasteiger partial charge on any atom is -0.477 e. The second-order valence-corrected chi connectivity index (χ2v) is 3.38. The highest BCUT2D eigenvalue weighted by atomic mass is 19.1. The molecule has 0 bridgehead atoms. The van der Waals surface area contributed by atoms with Crippen LogP contribution in [0.15, 0.2) is 12.1 Å². The Hall–Kier alpha value is -2.95. The molecule has 104 valence electrons. The minimum atomic E-state index is -1.64. The molecule has 0 heterocycles. The van der Waals surface area contributed by atoms with Crippen LogP contribution in [0.2, 0.25) is 0 Å². The van der Waals surface area contributed by atoms with Gasteiger partial charge in [-0.2, -0.15) is 0 Å². The van der Waals surface area contributed by atoms with Crippen LogP contribution in [0.3, 0.4) is 0 Å². The van der Waals surface area contributed by atoms with Crippen LogP contribution in [0, 0.1) is 27.8 Å². The molecule has 0 atom stereocenters. The molecule has 1 N–H and O–H groups in total. The summed E-state index contributed by atoms with van der Waals surface area (Å²) in [4.78, 5) is 31.5. The zero-order valence-electron chi connectivity index (χ0n) is 10.2. The van der Waals surface area contributed by atoms with Crippen LogP contribution in [0.25, 0.3) is 0 Å². The van der Waals surface area contributed by atoms with E-state index in [1.54, 1.807) is 6.92 Å². The SMILES string of the molecule is CCOC(=O)C#Cc1cc([N+](=O)[O-])c(C(=O)O)cc1F. The average Bonchev–Trinajstić information content (AvgIpc) is 2.36. The quantitative estimate of drug-likeness (QED) is 0.388. The number of rotatable bonds is 3. The lowest BCUT2D eigenvalue weighted by atomic mass is 10.1. The van der Waals surface area contributed by atoms with Gasteiger partial charge in [-0.05, 0) is 13.0 Å². The Morgan fingerprint density at radius 3 is 2.65 bits per heavy atom. The van der Waals surface area contributed by atoms with Gasteiger partial charge in [0.15, 0.2) is 0 Å². The third kappa shape index (κ3) is 3.52. The molecule has 1 aromatic rings. The lowest BCUT2D eigenvalue weighted by Gasteiger charge is -2.00. The number of carbonyl (C=O) groups is 2. The van der Waals surface area contributed by atoms with Gasteiger partial charge in [0.1, 0.15) is 11.4 Å². The Morgan fingerprint density at radius 1 is 1.50 bits per heavy atom. The summed E-state index contributed by atoms with van der Waals surface area (Å²) >= 11 is 0. The van der Waals surface area contributed by atoms with E-state index in [4.69, 9.17) is 5.11 Å². The van der Waals surface area contributed by atoms with Gasteiger partial charge < -0.3 is 9.84 Å². The normalized spacial score (nSPS) is 9.30.